The molecule has 0 saturated heterocycles. The summed E-state index contributed by atoms with van der Waals surface area (Å²) >= 11 is 1.62. The second-order valence-corrected chi connectivity index (χ2v) is 9.09. The Balaban J connectivity index is 1.53. The molecule has 8 heteroatoms. The number of ether oxygens (including phenoxy) is 1. The van der Waals surface area contributed by atoms with Crippen molar-refractivity contribution in [3.8, 4) is 5.75 Å². The van der Waals surface area contributed by atoms with Crippen molar-refractivity contribution in [2.75, 3.05) is 29.2 Å². The second kappa shape index (κ2) is 10.4. The van der Waals surface area contributed by atoms with Crippen LogP contribution in [0.4, 0.5) is 17.1 Å². The number of anilines is 3. The van der Waals surface area contributed by atoms with Crippen LogP contribution >= 0.6 is 11.8 Å². The van der Waals surface area contributed by atoms with E-state index in [1.54, 1.807) is 48.0 Å². The minimum absolute atomic E-state index is 0.0815. The lowest BCUT2D eigenvalue weighted by Gasteiger charge is -2.22. The van der Waals surface area contributed by atoms with Crippen LogP contribution in [-0.4, -0.2) is 31.4 Å². The Labute approximate surface area is 202 Å². The van der Waals surface area contributed by atoms with Crippen LogP contribution in [-0.2, 0) is 14.4 Å². The van der Waals surface area contributed by atoms with Gasteiger partial charge in [0.1, 0.15) is 12.3 Å². The summed E-state index contributed by atoms with van der Waals surface area (Å²) in [6.45, 7) is 1.31. The Morgan fingerprint density at radius 1 is 1.00 bits per heavy atom. The number of amides is 3. The maximum absolute atomic E-state index is 13.3. The molecule has 1 heterocycles. The number of rotatable bonds is 6. The second-order valence-electron chi connectivity index (χ2n) is 7.84. The number of hydrogen-bond donors (Lipinski definition) is 2. The highest BCUT2D eigenvalue weighted by Crippen LogP contribution is 2.45. The maximum atomic E-state index is 13.3. The predicted octanol–water partition coefficient (Wildman–Crippen LogP) is 4.86. The molecule has 0 fully saturated rings. The first kappa shape index (κ1) is 23.4. The summed E-state index contributed by atoms with van der Waals surface area (Å²) < 4.78 is 5.25. The van der Waals surface area contributed by atoms with E-state index in [2.05, 4.69) is 10.6 Å². The van der Waals surface area contributed by atoms with Crippen LogP contribution in [0.3, 0.4) is 0 Å². The molecule has 4 rings (SSSR count). The van der Waals surface area contributed by atoms with E-state index < -0.39 is 0 Å². The van der Waals surface area contributed by atoms with Gasteiger partial charge in [0.15, 0.2) is 0 Å². The lowest BCUT2D eigenvalue weighted by molar-refractivity contribution is -0.121. The highest BCUT2D eigenvalue weighted by atomic mass is 32.2. The molecule has 0 radical (unpaired) electrons. The van der Waals surface area contributed by atoms with E-state index in [1.165, 1.54) is 6.92 Å². The molecule has 1 aliphatic heterocycles. The average molecular weight is 476 g/mol. The van der Waals surface area contributed by atoms with E-state index in [9.17, 15) is 14.4 Å². The third-order valence-electron chi connectivity index (χ3n) is 5.34. The summed E-state index contributed by atoms with van der Waals surface area (Å²) in [5, 5.41) is 5.43. The number of hydrogen-bond acceptors (Lipinski definition) is 5. The van der Waals surface area contributed by atoms with Crippen LogP contribution in [0.1, 0.15) is 24.2 Å². The Kier molecular flexibility index (Phi) is 7.18. The molecule has 7 nitrogen and oxygen atoms in total. The molecule has 1 atom stereocenters. The Hall–Kier alpha value is -3.78. The van der Waals surface area contributed by atoms with Gasteiger partial charge in [0.05, 0.1) is 12.8 Å². The van der Waals surface area contributed by atoms with E-state index in [1.807, 2.05) is 48.5 Å². The minimum atomic E-state index is -0.323. The molecule has 3 amide bonds. The minimum Gasteiger partial charge on any atom is -0.497 e. The molecule has 1 aliphatic rings. The topological polar surface area (TPSA) is 87.7 Å². The quantitative estimate of drug-likeness (QED) is 0.532. The van der Waals surface area contributed by atoms with E-state index in [-0.39, 0.29) is 35.9 Å². The molecule has 174 valence electrons. The molecule has 3 aromatic carbocycles. The molecular formula is C26H25N3O4S. The van der Waals surface area contributed by atoms with E-state index in [4.69, 9.17) is 4.74 Å². The molecule has 3 aromatic rings. The summed E-state index contributed by atoms with van der Waals surface area (Å²) in [5.41, 5.74) is 2.86. The smallest absolute Gasteiger partial charge is 0.244 e. The number of benzene rings is 3. The van der Waals surface area contributed by atoms with E-state index >= 15 is 0 Å². The molecule has 2 N–H and O–H groups in total. The van der Waals surface area contributed by atoms with Gasteiger partial charge < -0.3 is 20.3 Å². The molecule has 34 heavy (non-hydrogen) atoms. The van der Waals surface area contributed by atoms with Gasteiger partial charge in [0.25, 0.3) is 0 Å². The molecule has 0 aromatic heterocycles. The van der Waals surface area contributed by atoms with Crippen molar-refractivity contribution in [2.45, 2.75) is 23.5 Å². The van der Waals surface area contributed by atoms with Gasteiger partial charge in [-0.15, -0.1) is 11.8 Å². The van der Waals surface area contributed by atoms with Crippen molar-refractivity contribution in [3.05, 3.63) is 78.4 Å². The van der Waals surface area contributed by atoms with Crippen molar-refractivity contribution >= 4 is 46.5 Å². The van der Waals surface area contributed by atoms with Gasteiger partial charge in [-0.1, -0.05) is 30.3 Å². The normalized spacial score (nSPS) is 15.2. The first-order valence-corrected chi connectivity index (χ1v) is 11.7. The zero-order valence-electron chi connectivity index (χ0n) is 18.9. The molecule has 0 unspecified atom stereocenters. The predicted molar refractivity (Wildman–Crippen MR) is 134 cm³/mol. The summed E-state index contributed by atoms with van der Waals surface area (Å²) in [6, 6.07) is 22.2. The zero-order chi connectivity index (χ0) is 24.1. The average Bonchev–Trinajstić information content (AvgIpc) is 2.95. The number of carbonyl (C=O) groups is 3. The zero-order valence-corrected chi connectivity index (χ0v) is 19.7. The molecular weight excluding hydrogens is 450 g/mol. The fourth-order valence-corrected chi connectivity index (χ4v) is 5.06. The Bertz CT molecular complexity index is 1210. The number of thioether (sulfide) groups is 1. The Morgan fingerprint density at radius 3 is 2.41 bits per heavy atom. The third-order valence-corrected chi connectivity index (χ3v) is 6.66. The largest absolute Gasteiger partial charge is 0.497 e. The van der Waals surface area contributed by atoms with Crippen molar-refractivity contribution in [2.24, 2.45) is 0 Å². The van der Waals surface area contributed by atoms with Crippen LogP contribution in [0, 0.1) is 0 Å². The highest BCUT2D eigenvalue weighted by molar-refractivity contribution is 7.99. The number of para-hydroxylation sites is 1. The lowest BCUT2D eigenvalue weighted by Crippen LogP contribution is -2.38. The van der Waals surface area contributed by atoms with Gasteiger partial charge in [-0.2, -0.15) is 0 Å². The number of fused-ring (bicyclic) bond motifs is 1. The summed E-state index contributed by atoms with van der Waals surface area (Å²) in [6.07, 6.45) is 0.261. The first-order valence-electron chi connectivity index (χ1n) is 10.8. The number of methoxy groups -OCH3 is 1. The van der Waals surface area contributed by atoms with Gasteiger partial charge in [0.2, 0.25) is 17.7 Å². The number of nitrogens with one attached hydrogen (secondary N) is 2. The third kappa shape index (κ3) is 5.58. The van der Waals surface area contributed by atoms with Gasteiger partial charge in [-0.25, -0.2) is 0 Å². The van der Waals surface area contributed by atoms with Crippen molar-refractivity contribution in [3.63, 3.8) is 0 Å². The number of nitrogens with zero attached hydrogens (tertiary/aromatic N) is 1. The highest BCUT2D eigenvalue weighted by Gasteiger charge is 2.30. The SMILES string of the molecule is COc1ccc([C@@H]2CC(=O)N(CC(=O)Nc3cccc(NC(C)=O)c3)c3ccccc3S2)cc1. The fourth-order valence-electron chi connectivity index (χ4n) is 3.78. The first-order chi connectivity index (χ1) is 16.4. The van der Waals surface area contributed by atoms with Crippen molar-refractivity contribution in [1.82, 2.24) is 0 Å². The van der Waals surface area contributed by atoms with E-state index in [0.29, 0.717) is 11.4 Å². The fraction of sp³-hybridized carbons (Fsp3) is 0.192. The Morgan fingerprint density at radius 2 is 1.71 bits per heavy atom. The molecule has 0 saturated carbocycles. The van der Waals surface area contributed by atoms with Crippen LogP contribution in [0.2, 0.25) is 0 Å². The van der Waals surface area contributed by atoms with Gasteiger partial charge >= 0.3 is 0 Å². The van der Waals surface area contributed by atoms with Crippen LogP contribution in [0.15, 0.2) is 77.7 Å². The molecule has 0 aliphatic carbocycles. The van der Waals surface area contributed by atoms with Crippen LogP contribution in [0.25, 0.3) is 0 Å². The van der Waals surface area contributed by atoms with Gasteiger partial charge in [-0.05, 0) is 48.0 Å². The van der Waals surface area contributed by atoms with Gasteiger partial charge in [-0.3, -0.25) is 14.4 Å². The molecule has 0 spiro atoms. The van der Waals surface area contributed by atoms with Crippen LogP contribution < -0.4 is 20.3 Å². The summed E-state index contributed by atoms with van der Waals surface area (Å²) in [7, 11) is 1.62. The van der Waals surface area contributed by atoms with Crippen LogP contribution in [0.5, 0.6) is 5.75 Å². The maximum Gasteiger partial charge on any atom is 0.244 e. The number of carbonyl (C=O) groups excluding carboxylic acids is 3. The van der Waals surface area contributed by atoms with E-state index in [0.717, 1.165) is 21.9 Å². The van der Waals surface area contributed by atoms with Crippen molar-refractivity contribution in [1.29, 1.82) is 0 Å². The standard InChI is InChI=1S/C26H25N3O4S/c1-17(30)27-19-6-5-7-20(14-19)28-25(31)16-29-22-8-3-4-9-23(22)34-24(15-26(29)32)18-10-12-21(33-2)13-11-18/h3-14,24H,15-16H2,1-2H3,(H,27,30)(H,28,31)/t24-/m0/s1. The lowest BCUT2D eigenvalue weighted by atomic mass is 10.1. The molecule has 0 bridgehead atoms. The summed E-state index contributed by atoms with van der Waals surface area (Å²) in [5.74, 6) is 0.116. The summed E-state index contributed by atoms with van der Waals surface area (Å²) in [4.78, 5) is 40.0. The monoisotopic (exact) mass is 475 g/mol. The van der Waals surface area contributed by atoms with Gasteiger partial charge in [0, 0.05) is 34.9 Å². The van der Waals surface area contributed by atoms with Crippen molar-refractivity contribution < 1.29 is 19.1 Å².